The summed E-state index contributed by atoms with van der Waals surface area (Å²) in [5.41, 5.74) is 1.35. The number of halogens is 1. The largest absolute Gasteiger partial charge is 0.493 e. The zero-order valence-electron chi connectivity index (χ0n) is 17.5. The van der Waals surface area contributed by atoms with Crippen LogP contribution in [-0.4, -0.2) is 48.9 Å². The normalized spacial score (nSPS) is 11.1. The van der Waals surface area contributed by atoms with E-state index in [4.69, 9.17) is 25.6 Å². The SMILES string of the molecule is COc1ccc(-c2noc(Cn3cnc4c(nnn4-c4cccc(Cl)c4)c3=O)n2)cc1OC. The van der Waals surface area contributed by atoms with E-state index in [9.17, 15) is 4.79 Å². The number of fused-ring (bicyclic) bond motifs is 1. The molecule has 3 aromatic heterocycles. The molecular formula is C21H16ClN7O4. The first-order chi connectivity index (χ1) is 16.1. The van der Waals surface area contributed by atoms with E-state index in [-0.39, 0.29) is 23.5 Å². The van der Waals surface area contributed by atoms with Crippen molar-refractivity contribution < 1.29 is 14.0 Å². The van der Waals surface area contributed by atoms with Gasteiger partial charge in [0.25, 0.3) is 5.56 Å². The molecular weight excluding hydrogens is 450 g/mol. The first-order valence-electron chi connectivity index (χ1n) is 9.69. The Bertz CT molecular complexity index is 1520. The van der Waals surface area contributed by atoms with Crippen molar-refractivity contribution in [3.63, 3.8) is 0 Å². The maximum Gasteiger partial charge on any atom is 0.284 e. The fourth-order valence-electron chi connectivity index (χ4n) is 3.30. The van der Waals surface area contributed by atoms with Crippen LogP contribution in [0.15, 0.2) is 58.1 Å². The highest BCUT2D eigenvalue weighted by Crippen LogP contribution is 2.31. The van der Waals surface area contributed by atoms with Gasteiger partial charge in [-0.15, -0.1) is 5.10 Å². The molecule has 0 aliphatic rings. The maximum absolute atomic E-state index is 12.9. The van der Waals surface area contributed by atoms with Gasteiger partial charge in [-0.25, -0.2) is 4.98 Å². The Hall–Kier alpha value is -4.25. The molecule has 0 amide bonds. The summed E-state index contributed by atoms with van der Waals surface area (Å²) in [6.07, 6.45) is 1.38. The topological polar surface area (TPSA) is 123 Å². The number of aromatic nitrogens is 7. The molecule has 0 unspecified atom stereocenters. The second kappa shape index (κ2) is 8.36. The predicted molar refractivity (Wildman–Crippen MR) is 118 cm³/mol. The Morgan fingerprint density at radius 3 is 2.73 bits per heavy atom. The summed E-state index contributed by atoms with van der Waals surface area (Å²) < 4.78 is 18.7. The second-order valence-corrected chi connectivity index (χ2v) is 7.35. The highest BCUT2D eigenvalue weighted by atomic mass is 35.5. The van der Waals surface area contributed by atoms with E-state index in [1.54, 1.807) is 56.7 Å². The molecule has 3 heterocycles. The Balaban J connectivity index is 1.44. The van der Waals surface area contributed by atoms with Crippen molar-refractivity contribution in [3.8, 4) is 28.6 Å². The van der Waals surface area contributed by atoms with Gasteiger partial charge in [-0.3, -0.25) is 9.36 Å². The van der Waals surface area contributed by atoms with Crippen LogP contribution in [0.25, 0.3) is 28.2 Å². The molecule has 0 bridgehead atoms. The summed E-state index contributed by atoms with van der Waals surface area (Å²) in [6, 6.07) is 12.3. The summed E-state index contributed by atoms with van der Waals surface area (Å²) in [6.45, 7) is 0.0199. The van der Waals surface area contributed by atoms with Gasteiger partial charge < -0.3 is 14.0 Å². The quantitative estimate of drug-likeness (QED) is 0.372. The fraction of sp³-hybridized carbons (Fsp3) is 0.143. The Labute approximate surface area is 191 Å². The fourth-order valence-corrected chi connectivity index (χ4v) is 3.48. The lowest BCUT2D eigenvalue weighted by atomic mass is 10.2. The van der Waals surface area contributed by atoms with Gasteiger partial charge in [0, 0.05) is 10.6 Å². The molecule has 0 radical (unpaired) electrons. The first-order valence-corrected chi connectivity index (χ1v) is 10.1. The zero-order valence-corrected chi connectivity index (χ0v) is 18.2. The Kier molecular flexibility index (Phi) is 5.23. The molecule has 5 rings (SSSR count). The molecule has 12 heteroatoms. The van der Waals surface area contributed by atoms with Crippen LogP contribution in [0.4, 0.5) is 0 Å². The minimum absolute atomic E-state index is 0.0199. The molecule has 0 saturated heterocycles. The number of hydrogen-bond acceptors (Lipinski definition) is 9. The predicted octanol–water partition coefficient (Wildman–Crippen LogP) is 2.75. The third-order valence-electron chi connectivity index (χ3n) is 4.90. The van der Waals surface area contributed by atoms with Gasteiger partial charge in [-0.05, 0) is 36.4 Å². The molecule has 2 aromatic carbocycles. The van der Waals surface area contributed by atoms with Crippen LogP contribution in [0.2, 0.25) is 5.02 Å². The average molecular weight is 466 g/mol. The second-order valence-electron chi connectivity index (χ2n) is 6.91. The van der Waals surface area contributed by atoms with Crippen molar-refractivity contribution >= 4 is 22.8 Å². The lowest BCUT2D eigenvalue weighted by Crippen LogP contribution is -2.21. The van der Waals surface area contributed by atoms with E-state index in [0.717, 1.165) is 0 Å². The number of benzene rings is 2. The third kappa shape index (κ3) is 3.78. The maximum atomic E-state index is 12.9. The monoisotopic (exact) mass is 465 g/mol. The van der Waals surface area contributed by atoms with E-state index >= 15 is 0 Å². The van der Waals surface area contributed by atoms with Crippen LogP contribution in [-0.2, 0) is 6.54 Å². The van der Waals surface area contributed by atoms with Gasteiger partial charge >= 0.3 is 0 Å². The van der Waals surface area contributed by atoms with E-state index < -0.39 is 0 Å². The number of hydrogen-bond donors (Lipinski definition) is 0. The van der Waals surface area contributed by atoms with Gasteiger partial charge in [0.15, 0.2) is 22.7 Å². The highest BCUT2D eigenvalue weighted by molar-refractivity contribution is 6.30. The third-order valence-corrected chi connectivity index (χ3v) is 5.13. The van der Waals surface area contributed by atoms with Crippen molar-refractivity contribution in [2.45, 2.75) is 6.54 Å². The minimum Gasteiger partial charge on any atom is -0.493 e. The minimum atomic E-state index is -0.390. The average Bonchev–Trinajstić information content (AvgIpc) is 3.48. The Morgan fingerprint density at radius 2 is 1.94 bits per heavy atom. The van der Waals surface area contributed by atoms with Gasteiger partial charge in [-0.1, -0.05) is 28.0 Å². The summed E-state index contributed by atoms with van der Waals surface area (Å²) in [7, 11) is 3.10. The van der Waals surface area contributed by atoms with Gasteiger partial charge in [0.05, 0.1) is 19.9 Å². The van der Waals surface area contributed by atoms with Gasteiger partial charge in [-0.2, -0.15) is 9.67 Å². The van der Waals surface area contributed by atoms with Crippen molar-refractivity contribution in [2.24, 2.45) is 0 Å². The first kappa shape index (κ1) is 20.6. The van der Waals surface area contributed by atoms with Crippen LogP contribution in [0.5, 0.6) is 11.5 Å². The van der Waals surface area contributed by atoms with Crippen molar-refractivity contribution in [3.05, 3.63) is 70.1 Å². The number of rotatable bonds is 6. The summed E-state index contributed by atoms with van der Waals surface area (Å²) >= 11 is 6.05. The van der Waals surface area contributed by atoms with Crippen LogP contribution >= 0.6 is 11.6 Å². The zero-order chi connectivity index (χ0) is 22.9. The van der Waals surface area contributed by atoms with E-state index in [1.807, 2.05) is 0 Å². The van der Waals surface area contributed by atoms with E-state index in [2.05, 4.69) is 25.4 Å². The molecule has 11 nitrogen and oxygen atoms in total. The van der Waals surface area contributed by atoms with Crippen molar-refractivity contribution in [1.29, 1.82) is 0 Å². The molecule has 0 saturated carbocycles. The molecule has 0 aliphatic carbocycles. The van der Waals surface area contributed by atoms with Gasteiger partial charge in [0.2, 0.25) is 11.7 Å². The standard InChI is InChI=1S/C21H16ClN7O4/c1-31-15-7-6-12(8-16(15)32-2)19-24-17(33-26-19)10-28-11-23-20-18(21(28)30)25-27-29(20)14-5-3-4-13(22)9-14/h3-9,11H,10H2,1-2H3. The smallest absolute Gasteiger partial charge is 0.284 e. The molecule has 166 valence electrons. The highest BCUT2D eigenvalue weighted by Gasteiger charge is 2.16. The van der Waals surface area contributed by atoms with E-state index in [1.165, 1.54) is 15.6 Å². The van der Waals surface area contributed by atoms with Crippen LogP contribution in [0, 0.1) is 0 Å². The summed E-state index contributed by atoms with van der Waals surface area (Å²) in [4.78, 5) is 21.7. The number of nitrogens with zero attached hydrogens (tertiary/aromatic N) is 7. The molecule has 0 spiro atoms. The number of methoxy groups -OCH3 is 2. The van der Waals surface area contributed by atoms with Gasteiger partial charge in [0.1, 0.15) is 12.9 Å². The molecule has 0 atom stereocenters. The molecule has 0 fully saturated rings. The number of ether oxygens (including phenoxy) is 2. The van der Waals surface area contributed by atoms with Crippen molar-refractivity contribution in [1.82, 2.24) is 34.7 Å². The lowest BCUT2D eigenvalue weighted by molar-refractivity contribution is 0.355. The van der Waals surface area contributed by atoms with Crippen LogP contribution in [0.1, 0.15) is 5.89 Å². The van der Waals surface area contributed by atoms with Crippen LogP contribution < -0.4 is 15.0 Å². The molecule has 0 N–H and O–H groups in total. The Morgan fingerprint density at radius 1 is 1.09 bits per heavy atom. The lowest BCUT2D eigenvalue weighted by Gasteiger charge is -2.07. The summed E-state index contributed by atoms with van der Waals surface area (Å²) in [5.74, 6) is 1.70. The molecule has 33 heavy (non-hydrogen) atoms. The molecule has 5 aromatic rings. The summed E-state index contributed by atoms with van der Waals surface area (Å²) in [5, 5.41) is 12.6. The molecule has 0 aliphatic heterocycles. The van der Waals surface area contributed by atoms with E-state index in [0.29, 0.717) is 39.2 Å². The van der Waals surface area contributed by atoms with Crippen LogP contribution in [0.3, 0.4) is 0 Å². The van der Waals surface area contributed by atoms with Crippen molar-refractivity contribution in [2.75, 3.05) is 14.2 Å².